The highest BCUT2D eigenvalue weighted by Gasteiger charge is 2.27. The molecule has 1 fully saturated rings. The third-order valence-electron chi connectivity index (χ3n) is 2.16. The summed E-state index contributed by atoms with van der Waals surface area (Å²) in [5, 5.41) is 0. The van der Waals surface area contributed by atoms with Gasteiger partial charge in [0, 0.05) is 13.1 Å². The molecule has 1 saturated heterocycles. The number of likely N-dealkylation sites (tertiary alicyclic amines) is 1. The topological polar surface area (TPSA) is 83.9 Å². The Morgan fingerprint density at radius 1 is 1.60 bits per heavy atom. The van der Waals surface area contributed by atoms with E-state index in [1.807, 2.05) is 0 Å². The molecule has 15 heavy (non-hydrogen) atoms. The first kappa shape index (κ1) is 13.0. The Hall–Kier alpha value is -0.0200. The van der Waals surface area contributed by atoms with E-state index in [4.69, 9.17) is 8.74 Å². The Balaban J connectivity index is 2.40. The first-order chi connectivity index (χ1) is 6.93. The van der Waals surface area contributed by atoms with Gasteiger partial charge >= 0.3 is 0 Å². The molecule has 8 heteroatoms. The van der Waals surface area contributed by atoms with E-state index in [9.17, 15) is 12.6 Å². The maximum atomic E-state index is 11.1. The van der Waals surface area contributed by atoms with Gasteiger partial charge in [0.15, 0.2) is 11.1 Å². The second-order valence-corrected chi connectivity index (χ2v) is 6.17. The Bertz CT molecular complexity index is 328. The molecule has 0 amide bonds. The van der Waals surface area contributed by atoms with Crippen LogP contribution in [0.2, 0.25) is 0 Å². The van der Waals surface area contributed by atoms with Gasteiger partial charge in [-0.15, -0.1) is 0 Å². The lowest BCUT2D eigenvalue weighted by Gasteiger charge is -2.13. The van der Waals surface area contributed by atoms with Gasteiger partial charge in [-0.2, -0.15) is 8.42 Å². The summed E-state index contributed by atoms with van der Waals surface area (Å²) in [4.78, 5) is 1.71. The third kappa shape index (κ3) is 4.56. The smallest absolute Gasteiger partial charge is 0.267 e. The zero-order chi connectivity index (χ0) is 11.5. The van der Waals surface area contributed by atoms with E-state index < -0.39 is 21.2 Å². The first-order valence-corrected chi connectivity index (χ1v) is 7.49. The SMILES string of the molecule is CCS(=O)(=O)O[C@@H]1CCN(CS(=O)O)C1. The van der Waals surface area contributed by atoms with Crippen molar-refractivity contribution in [3.63, 3.8) is 0 Å². The molecule has 2 atom stereocenters. The van der Waals surface area contributed by atoms with Crippen molar-refractivity contribution in [2.45, 2.75) is 19.4 Å². The predicted octanol–water partition coefficient (Wildman–Crippen LogP) is -0.394. The van der Waals surface area contributed by atoms with E-state index in [0.717, 1.165) is 0 Å². The molecule has 1 heterocycles. The third-order valence-corrected chi connectivity index (χ3v) is 4.02. The zero-order valence-electron chi connectivity index (χ0n) is 8.46. The fourth-order valence-electron chi connectivity index (χ4n) is 1.42. The molecule has 0 bridgehead atoms. The van der Waals surface area contributed by atoms with Crippen LogP contribution in [-0.4, -0.2) is 52.9 Å². The Kier molecular flexibility index (Phi) is 4.65. The van der Waals surface area contributed by atoms with Crippen molar-refractivity contribution in [2.75, 3.05) is 24.7 Å². The van der Waals surface area contributed by atoms with Gasteiger partial charge in [0.05, 0.1) is 11.9 Å². The molecule has 0 spiro atoms. The molecule has 1 unspecified atom stereocenters. The monoisotopic (exact) mass is 257 g/mol. The van der Waals surface area contributed by atoms with E-state index >= 15 is 0 Å². The van der Waals surface area contributed by atoms with Crippen molar-refractivity contribution in [3.8, 4) is 0 Å². The predicted molar refractivity (Wildman–Crippen MR) is 56.2 cm³/mol. The van der Waals surface area contributed by atoms with Gasteiger partial charge in [-0.05, 0) is 13.3 Å². The van der Waals surface area contributed by atoms with Gasteiger partial charge in [0.25, 0.3) is 10.1 Å². The number of nitrogens with zero attached hydrogens (tertiary/aromatic N) is 1. The lowest BCUT2D eigenvalue weighted by Crippen LogP contribution is -2.28. The van der Waals surface area contributed by atoms with Crippen LogP contribution in [0.5, 0.6) is 0 Å². The van der Waals surface area contributed by atoms with Crippen LogP contribution in [0.25, 0.3) is 0 Å². The van der Waals surface area contributed by atoms with Crippen LogP contribution >= 0.6 is 0 Å². The molecule has 0 saturated carbocycles. The standard InChI is InChI=1S/C7H15NO5S2/c1-2-15(11,12)13-7-3-4-8(5-7)6-14(9)10/h7H,2-6H2,1H3,(H,9,10)/t7-/m1/s1. The van der Waals surface area contributed by atoms with E-state index in [0.29, 0.717) is 19.5 Å². The number of hydrogen-bond donors (Lipinski definition) is 1. The summed E-state index contributed by atoms with van der Waals surface area (Å²) < 4.78 is 46.3. The Labute approximate surface area is 92.0 Å². The molecule has 0 radical (unpaired) electrons. The molecule has 1 rings (SSSR count). The highest BCUT2D eigenvalue weighted by Crippen LogP contribution is 2.15. The summed E-state index contributed by atoms with van der Waals surface area (Å²) in [5.41, 5.74) is 0. The molecule has 0 aromatic heterocycles. The minimum absolute atomic E-state index is 0.0462. The van der Waals surface area contributed by atoms with Gasteiger partial charge < -0.3 is 4.55 Å². The van der Waals surface area contributed by atoms with Gasteiger partial charge in [-0.3, -0.25) is 9.08 Å². The minimum atomic E-state index is -3.42. The highest BCUT2D eigenvalue weighted by molar-refractivity contribution is 7.86. The second kappa shape index (κ2) is 5.35. The molecular weight excluding hydrogens is 242 g/mol. The maximum absolute atomic E-state index is 11.1. The van der Waals surface area contributed by atoms with Crippen molar-refractivity contribution in [1.29, 1.82) is 0 Å². The lowest BCUT2D eigenvalue weighted by molar-refractivity contribution is 0.213. The van der Waals surface area contributed by atoms with E-state index in [2.05, 4.69) is 0 Å². The van der Waals surface area contributed by atoms with Gasteiger partial charge in [-0.1, -0.05) is 0 Å². The van der Waals surface area contributed by atoms with Crippen LogP contribution in [0.4, 0.5) is 0 Å². The van der Waals surface area contributed by atoms with Crippen LogP contribution in [0.15, 0.2) is 0 Å². The molecule has 1 aliphatic rings. The van der Waals surface area contributed by atoms with Crippen molar-refractivity contribution in [3.05, 3.63) is 0 Å². The van der Waals surface area contributed by atoms with Crippen molar-refractivity contribution in [1.82, 2.24) is 4.90 Å². The summed E-state index contributed by atoms with van der Waals surface area (Å²) in [6.07, 6.45) is 0.203. The molecule has 1 N–H and O–H groups in total. The molecule has 90 valence electrons. The van der Waals surface area contributed by atoms with Gasteiger partial charge in [-0.25, -0.2) is 4.21 Å². The zero-order valence-corrected chi connectivity index (χ0v) is 10.1. The Morgan fingerprint density at radius 2 is 2.27 bits per heavy atom. The summed E-state index contributed by atoms with van der Waals surface area (Å²) in [7, 11) is -3.42. The fourth-order valence-corrected chi connectivity index (χ4v) is 2.68. The van der Waals surface area contributed by atoms with Crippen molar-refractivity contribution >= 4 is 21.2 Å². The Morgan fingerprint density at radius 3 is 2.80 bits per heavy atom. The summed E-state index contributed by atoms with van der Waals surface area (Å²) in [5.74, 6) is 0.00145. The summed E-state index contributed by atoms with van der Waals surface area (Å²) >= 11 is -1.87. The van der Waals surface area contributed by atoms with E-state index in [1.54, 1.807) is 4.90 Å². The van der Waals surface area contributed by atoms with Gasteiger partial charge in [0.1, 0.15) is 5.88 Å². The highest BCUT2D eigenvalue weighted by atomic mass is 32.2. The molecule has 1 aliphatic heterocycles. The largest absolute Gasteiger partial charge is 0.305 e. The van der Waals surface area contributed by atoms with E-state index in [1.165, 1.54) is 6.92 Å². The molecule has 0 aliphatic carbocycles. The van der Waals surface area contributed by atoms with Crippen LogP contribution in [-0.2, 0) is 25.4 Å². The second-order valence-electron chi connectivity index (χ2n) is 3.38. The average molecular weight is 257 g/mol. The quantitative estimate of drug-likeness (QED) is 0.533. The molecule has 6 nitrogen and oxygen atoms in total. The first-order valence-electron chi connectivity index (χ1n) is 4.63. The van der Waals surface area contributed by atoms with E-state index in [-0.39, 0.29) is 17.7 Å². The van der Waals surface area contributed by atoms with Crippen LogP contribution in [0.1, 0.15) is 13.3 Å². The van der Waals surface area contributed by atoms with Crippen LogP contribution in [0, 0.1) is 0 Å². The maximum Gasteiger partial charge on any atom is 0.267 e. The normalized spacial score (nSPS) is 25.6. The average Bonchev–Trinajstić information content (AvgIpc) is 2.50. The molecule has 0 aromatic rings. The van der Waals surface area contributed by atoms with Crippen LogP contribution in [0.3, 0.4) is 0 Å². The minimum Gasteiger partial charge on any atom is -0.305 e. The molecule has 0 aromatic carbocycles. The number of hydrogen-bond acceptors (Lipinski definition) is 5. The lowest BCUT2D eigenvalue weighted by atomic mass is 10.3. The fraction of sp³-hybridized carbons (Fsp3) is 1.00. The molecular formula is C7H15NO5S2. The van der Waals surface area contributed by atoms with Crippen molar-refractivity contribution in [2.24, 2.45) is 0 Å². The van der Waals surface area contributed by atoms with Crippen LogP contribution < -0.4 is 0 Å². The summed E-state index contributed by atoms with van der Waals surface area (Å²) in [6, 6.07) is 0. The number of rotatable bonds is 5. The van der Waals surface area contributed by atoms with Crippen molar-refractivity contribution < 1.29 is 21.4 Å². The summed E-state index contributed by atoms with van der Waals surface area (Å²) in [6.45, 7) is 2.51. The van der Waals surface area contributed by atoms with Gasteiger partial charge in [0.2, 0.25) is 0 Å².